The predicted octanol–water partition coefficient (Wildman–Crippen LogP) is 2.55. The highest BCUT2D eigenvalue weighted by Gasteiger charge is 2.20. The van der Waals surface area contributed by atoms with Crippen molar-refractivity contribution in [1.29, 1.82) is 0 Å². The number of benzene rings is 1. The second kappa shape index (κ2) is 9.25. The maximum atomic E-state index is 12.6. The number of rotatable bonds is 8. The quantitative estimate of drug-likeness (QED) is 0.512. The number of nitrogens with one attached hydrogen (secondary N) is 1. The summed E-state index contributed by atoms with van der Waals surface area (Å²) in [7, 11) is -3.57. The number of carboxylic acid groups (broad SMARTS) is 1. The van der Waals surface area contributed by atoms with Crippen molar-refractivity contribution in [3.63, 3.8) is 0 Å². The van der Waals surface area contributed by atoms with Crippen molar-refractivity contribution in [2.75, 3.05) is 6.54 Å². The number of pyridine rings is 1. The minimum Gasteiger partial charge on any atom is -0.478 e. The molecule has 3 aromatic rings. The number of nitrogens with zero attached hydrogens (tertiary/aromatic N) is 4. The molecule has 2 aromatic heterocycles. The highest BCUT2D eigenvalue weighted by Crippen LogP contribution is 2.19. The lowest BCUT2D eigenvalue weighted by Crippen LogP contribution is -2.34. The van der Waals surface area contributed by atoms with E-state index in [1.807, 2.05) is 24.0 Å². The normalized spacial score (nSPS) is 13.9. The van der Waals surface area contributed by atoms with Crippen molar-refractivity contribution in [2.24, 2.45) is 0 Å². The highest BCUT2D eigenvalue weighted by molar-refractivity contribution is 7.88. The summed E-state index contributed by atoms with van der Waals surface area (Å²) in [6.07, 6.45) is 4.78. The predicted molar refractivity (Wildman–Crippen MR) is 119 cm³/mol. The van der Waals surface area contributed by atoms with E-state index in [0.29, 0.717) is 29.4 Å². The summed E-state index contributed by atoms with van der Waals surface area (Å²) in [4.78, 5) is 21.2. The molecular formula is C22H21N5O5S. The Morgan fingerprint density at radius 3 is 2.67 bits per heavy atom. The molecule has 11 heteroatoms. The van der Waals surface area contributed by atoms with Crippen molar-refractivity contribution in [3.8, 4) is 11.5 Å². The number of hydrogen-bond acceptors (Lipinski definition) is 8. The molecule has 1 aliphatic rings. The van der Waals surface area contributed by atoms with Crippen LogP contribution in [0.5, 0.6) is 0 Å². The maximum Gasteiger partial charge on any atom is 0.337 e. The van der Waals surface area contributed by atoms with Gasteiger partial charge in [-0.25, -0.2) is 13.2 Å². The summed E-state index contributed by atoms with van der Waals surface area (Å²) >= 11 is 0. The van der Waals surface area contributed by atoms with Gasteiger partial charge in [-0.3, -0.25) is 9.71 Å². The second-order valence-electron chi connectivity index (χ2n) is 7.45. The van der Waals surface area contributed by atoms with Crippen LogP contribution in [0.2, 0.25) is 0 Å². The average molecular weight is 468 g/mol. The first-order valence-electron chi connectivity index (χ1n) is 9.98. The largest absolute Gasteiger partial charge is 0.478 e. The Balaban J connectivity index is 1.41. The SMILES string of the molecule is CC1=CC=C(NS(=O)(=O)Cc2ccccc2)CN1Cc1nc(-c2ccc(C(=O)O)cn2)no1. The van der Waals surface area contributed by atoms with Gasteiger partial charge in [0.05, 0.1) is 24.4 Å². The maximum absolute atomic E-state index is 12.6. The lowest BCUT2D eigenvalue weighted by Gasteiger charge is -2.28. The van der Waals surface area contributed by atoms with Gasteiger partial charge in [0.1, 0.15) is 5.69 Å². The van der Waals surface area contributed by atoms with Gasteiger partial charge < -0.3 is 14.5 Å². The molecular weight excluding hydrogens is 446 g/mol. The Kier molecular flexibility index (Phi) is 6.22. The molecule has 0 fully saturated rings. The van der Waals surface area contributed by atoms with Gasteiger partial charge in [-0.05, 0) is 36.8 Å². The van der Waals surface area contributed by atoms with E-state index in [4.69, 9.17) is 9.63 Å². The first-order valence-corrected chi connectivity index (χ1v) is 11.6. The van der Waals surface area contributed by atoms with Crippen molar-refractivity contribution in [3.05, 3.63) is 89.2 Å². The van der Waals surface area contributed by atoms with Crippen molar-refractivity contribution < 1.29 is 22.8 Å². The third kappa shape index (κ3) is 5.63. The van der Waals surface area contributed by atoms with E-state index in [1.54, 1.807) is 30.3 Å². The number of aromatic nitrogens is 3. The van der Waals surface area contributed by atoms with Gasteiger partial charge in [-0.2, -0.15) is 4.98 Å². The molecule has 0 spiro atoms. The molecule has 170 valence electrons. The van der Waals surface area contributed by atoms with Crippen LogP contribution < -0.4 is 4.72 Å². The van der Waals surface area contributed by atoms with Gasteiger partial charge in [0, 0.05) is 17.6 Å². The number of sulfonamides is 1. The van der Waals surface area contributed by atoms with Crippen LogP contribution in [0.15, 0.2) is 76.7 Å². The first-order chi connectivity index (χ1) is 15.8. The van der Waals surface area contributed by atoms with Crippen LogP contribution in [0.4, 0.5) is 0 Å². The zero-order chi connectivity index (χ0) is 23.4. The van der Waals surface area contributed by atoms with Gasteiger partial charge in [-0.15, -0.1) is 0 Å². The van der Waals surface area contributed by atoms with E-state index < -0.39 is 16.0 Å². The number of hydrogen-bond donors (Lipinski definition) is 2. The highest BCUT2D eigenvalue weighted by atomic mass is 32.2. The number of carboxylic acids is 1. The van der Waals surface area contributed by atoms with Gasteiger partial charge >= 0.3 is 5.97 Å². The Morgan fingerprint density at radius 2 is 1.97 bits per heavy atom. The molecule has 0 bridgehead atoms. The standard InChI is InChI=1S/C22H21N5O5S/c1-15-7-9-18(26-33(30,31)14-16-5-3-2-4-6-16)12-27(15)13-20-24-21(25-32-20)19-10-8-17(11-23-19)22(28)29/h2-11,26H,12-14H2,1H3,(H,28,29). The topological polar surface area (TPSA) is 139 Å². The zero-order valence-electron chi connectivity index (χ0n) is 17.7. The number of allylic oxidation sites excluding steroid dienone is 3. The summed E-state index contributed by atoms with van der Waals surface area (Å²) in [6, 6.07) is 11.9. The van der Waals surface area contributed by atoms with Crippen LogP contribution in [0, 0.1) is 0 Å². The Labute approximate surface area is 190 Å². The average Bonchev–Trinajstić information content (AvgIpc) is 3.25. The molecule has 0 aliphatic carbocycles. The zero-order valence-corrected chi connectivity index (χ0v) is 18.5. The molecule has 1 aliphatic heterocycles. The van der Waals surface area contributed by atoms with Gasteiger partial charge in [-0.1, -0.05) is 35.5 Å². The molecule has 3 heterocycles. The van der Waals surface area contributed by atoms with Crippen LogP contribution in [0.25, 0.3) is 11.5 Å². The molecule has 0 unspecified atom stereocenters. The van der Waals surface area contributed by atoms with Crippen molar-refractivity contribution in [2.45, 2.75) is 19.2 Å². The third-order valence-corrected chi connectivity index (χ3v) is 6.19. The van der Waals surface area contributed by atoms with Crippen LogP contribution in [-0.4, -0.2) is 46.1 Å². The Bertz CT molecular complexity index is 1310. The number of aromatic carboxylic acids is 1. The van der Waals surface area contributed by atoms with Crippen LogP contribution in [-0.2, 0) is 22.3 Å². The summed E-state index contributed by atoms with van der Waals surface area (Å²) in [5.41, 5.74) is 2.58. The van der Waals surface area contributed by atoms with Crippen LogP contribution >= 0.6 is 0 Å². The van der Waals surface area contributed by atoms with Crippen molar-refractivity contribution >= 4 is 16.0 Å². The van der Waals surface area contributed by atoms with E-state index in [9.17, 15) is 13.2 Å². The lowest BCUT2D eigenvalue weighted by atomic mass is 10.2. The van der Waals surface area contributed by atoms with Gasteiger partial charge in [0.15, 0.2) is 0 Å². The van der Waals surface area contributed by atoms with E-state index in [-0.39, 0.29) is 23.7 Å². The molecule has 0 saturated carbocycles. The third-order valence-electron chi connectivity index (χ3n) is 4.91. The molecule has 0 saturated heterocycles. The smallest absolute Gasteiger partial charge is 0.337 e. The molecule has 0 amide bonds. The Morgan fingerprint density at radius 1 is 1.18 bits per heavy atom. The van der Waals surface area contributed by atoms with Gasteiger partial charge in [0.25, 0.3) is 0 Å². The molecule has 1 aromatic carbocycles. The molecule has 0 atom stereocenters. The van der Waals surface area contributed by atoms with E-state index in [2.05, 4.69) is 19.8 Å². The second-order valence-corrected chi connectivity index (χ2v) is 9.17. The van der Waals surface area contributed by atoms with Gasteiger partial charge in [0.2, 0.25) is 21.7 Å². The fraction of sp³-hybridized carbons (Fsp3) is 0.182. The van der Waals surface area contributed by atoms with E-state index in [1.165, 1.54) is 18.3 Å². The van der Waals surface area contributed by atoms with E-state index >= 15 is 0 Å². The summed E-state index contributed by atoms with van der Waals surface area (Å²) < 4.78 is 33.1. The lowest BCUT2D eigenvalue weighted by molar-refractivity contribution is 0.0696. The molecule has 0 radical (unpaired) electrons. The first kappa shape index (κ1) is 22.2. The minimum absolute atomic E-state index is 0.0607. The summed E-state index contributed by atoms with van der Waals surface area (Å²) in [6.45, 7) is 2.48. The van der Waals surface area contributed by atoms with E-state index in [0.717, 1.165) is 5.70 Å². The molecule has 33 heavy (non-hydrogen) atoms. The van der Waals surface area contributed by atoms with Crippen LogP contribution in [0.1, 0.15) is 28.7 Å². The molecule has 2 N–H and O–H groups in total. The summed E-state index contributed by atoms with van der Waals surface area (Å²) in [5.74, 6) is -0.636. The fourth-order valence-electron chi connectivity index (χ4n) is 3.23. The van der Waals surface area contributed by atoms with Crippen molar-refractivity contribution in [1.82, 2.24) is 24.7 Å². The molecule has 4 rings (SSSR count). The minimum atomic E-state index is -3.57. The monoisotopic (exact) mass is 467 g/mol. The summed E-state index contributed by atoms with van der Waals surface area (Å²) in [5, 5.41) is 12.9. The molecule has 10 nitrogen and oxygen atoms in total. The van der Waals surface area contributed by atoms with Crippen LogP contribution in [0.3, 0.4) is 0 Å². The fourth-order valence-corrected chi connectivity index (χ4v) is 4.46. The Hall–Kier alpha value is -3.99. The number of carbonyl (C=O) groups is 1.